The summed E-state index contributed by atoms with van der Waals surface area (Å²) in [6, 6.07) is 6.19. The van der Waals surface area contributed by atoms with Gasteiger partial charge in [0.1, 0.15) is 0 Å². The Bertz CT molecular complexity index is 115. The van der Waals surface area contributed by atoms with E-state index in [1.54, 1.807) is 25.3 Å². The summed E-state index contributed by atoms with van der Waals surface area (Å²) in [5.74, 6) is 1.15. The van der Waals surface area contributed by atoms with Crippen molar-refractivity contribution in [1.29, 1.82) is 0 Å². The molecule has 0 atom stereocenters. The van der Waals surface area contributed by atoms with E-state index in [1.165, 1.54) is 18.1 Å². The van der Waals surface area contributed by atoms with Crippen LogP contribution in [0.5, 0.6) is 0 Å². The van der Waals surface area contributed by atoms with Crippen LogP contribution in [0.1, 0.15) is 40.0 Å². The smallest absolute Gasteiger partial charge is 0.0527 e. The SMILES string of the molecule is CC[Si](CC)(CC)CCC1CC1. The molecule has 12 heavy (non-hydrogen) atoms. The fourth-order valence-electron chi connectivity index (χ4n) is 2.20. The van der Waals surface area contributed by atoms with Crippen LogP contribution in [0.4, 0.5) is 0 Å². The van der Waals surface area contributed by atoms with E-state index >= 15 is 0 Å². The molecule has 0 saturated heterocycles. The highest BCUT2D eigenvalue weighted by molar-refractivity contribution is 6.79. The Morgan fingerprint density at radius 2 is 1.50 bits per heavy atom. The van der Waals surface area contributed by atoms with Crippen LogP contribution in [-0.4, -0.2) is 8.07 Å². The van der Waals surface area contributed by atoms with E-state index in [-0.39, 0.29) is 0 Å². The zero-order valence-electron chi connectivity index (χ0n) is 9.03. The molecule has 0 nitrogen and oxygen atoms in total. The summed E-state index contributed by atoms with van der Waals surface area (Å²) in [4.78, 5) is 0. The number of hydrogen-bond donors (Lipinski definition) is 0. The standard InChI is InChI=1S/C11H24Si/c1-4-12(5-2,6-3)10-9-11-7-8-11/h11H,4-10H2,1-3H3. The van der Waals surface area contributed by atoms with Crippen molar-refractivity contribution in [2.24, 2.45) is 5.92 Å². The van der Waals surface area contributed by atoms with Crippen LogP contribution in [-0.2, 0) is 0 Å². The highest BCUT2D eigenvalue weighted by Crippen LogP contribution is 2.38. The minimum absolute atomic E-state index is 0.740. The van der Waals surface area contributed by atoms with E-state index in [2.05, 4.69) is 20.8 Å². The zero-order chi connectivity index (χ0) is 9.03. The number of rotatable bonds is 6. The molecule has 0 N–H and O–H groups in total. The highest BCUT2D eigenvalue weighted by atomic mass is 28.3. The maximum Gasteiger partial charge on any atom is 0.0527 e. The molecular weight excluding hydrogens is 160 g/mol. The van der Waals surface area contributed by atoms with Crippen LogP contribution in [0.25, 0.3) is 0 Å². The molecule has 72 valence electrons. The second-order valence-electron chi connectivity index (χ2n) is 4.54. The zero-order valence-corrected chi connectivity index (χ0v) is 10.0. The van der Waals surface area contributed by atoms with Crippen molar-refractivity contribution in [1.82, 2.24) is 0 Å². The molecule has 1 saturated carbocycles. The molecule has 0 aromatic heterocycles. The van der Waals surface area contributed by atoms with Gasteiger partial charge in [-0.15, -0.1) is 0 Å². The summed E-state index contributed by atoms with van der Waals surface area (Å²) < 4.78 is 0. The molecule has 0 radical (unpaired) electrons. The maximum absolute atomic E-state index is 2.42. The lowest BCUT2D eigenvalue weighted by molar-refractivity contribution is 0.777. The van der Waals surface area contributed by atoms with E-state index in [0.717, 1.165) is 5.92 Å². The Labute approximate surface area is 78.8 Å². The summed E-state index contributed by atoms with van der Waals surface area (Å²) in [5.41, 5.74) is 0. The van der Waals surface area contributed by atoms with Crippen LogP contribution in [0, 0.1) is 5.92 Å². The van der Waals surface area contributed by atoms with Crippen molar-refractivity contribution >= 4 is 8.07 Å². The first-order valence-corrected chi connectivity index (χ1v) is 8.59. The lowest BCUT2D eigenvalue weighted by atomic mass is 10.3. The monoisotopic (exact) mass is 184 g/mol. The fraction of sp³-hybridized carbons (Fsp3) is 1.00. The highest BCUT2D eigenvalue weighted by Gasteiger charge is 2.30. The second kappa shape index (κ2) is 4.45. The Balaban J connectivity index is 2.28. The topological polar surface area (TPSA) is 0 Å². The molecule has 0 aliphatic heterocycles. The summed E-state index contributed by atoms with van der Waals surface area (Å²) in [6.07, 6.45) is 4.66. The lowest BCUT2D eigenvalue weighted by Gasteiger charge is -2.27. The van der Waals surface area contributed by atoms with Crippen molar-refractivity contribution in [3.05, 3.63) is 0 Å². The van der Waals surface area contributed by atoms with Gasteiger partial charge in [-0.25, -0.2) is 0 Å². The number of hydrogen-bond acceptors (Lipinski definition) is 0. The molecule has 1 fully saturated rings. The van der Waals surface area contributed by atoms with E-state index in [0.29, 0.717) is 0 Å². The second-order valence-corrected chi connectivity index (χ2v) is 10.2. The molecule has 1 heteroatoms. The first-order valence-electron chi connectivity index (χ1n) is 5.76. The van der Waals surface area contributed by atoms with E-state index in [4.69, 9.17) is 0 Å². The quantitative estimate of drug-likeness (QED) is 0.540. The Hall–Kier alpha value is 0.217. The molecule has 0 aromatic rings. The lowest BCUT2D eigenvalue weighted by Crippen LogP contribution is -2.30. The largest absolute Gasteiger partial charge is 0.0678 e. The molecule has 0 unspecified atom stereocenters. The van der Waals surface area contributed by atoms with Gasteiger partial charge in [0.25, 0.3) is 0 Å². The van der Waals surface area contributed by atoms with E-state index in [9.17, 15) is 0 Å². The van der Waals surface area contributed by atoms with Crippen molar-refractivity contribution in [3.63, 3.8) is 0 Å². The first kappa shape index (κ1) is 10.3. The van der Waals surface area contributed by atoms with Crippen LogP contribution in [0.15, 0.2) is 0 Å². The molecular formula is C11H24Si. The fourth-order valence-corrected chi connectivity index (χ4v) is 5.78. The van der Waals surface area contributed by atoms with Gasteiger partial charge in [-0.3, -0.25) is 0 Å². The van der Waals surface area contributed by atoms with Gasteiger partial charge in [0.05, 0.1) is 8.07 Å². The minimum Gasteiger partial charge on any atom is -0.0678 e. The predicted octanol–water partition coefficient (Wildman–Crippen LogP) is 4.30. The van der Waals surface area contributed by atoms with Crippen molar-refractivity contribution in [2.45, 2.75) is 64.2 Å². The molecule has 0 bridgehead atoms. The van der Waals surface area contributed by atoms with E-state index < -0.39 is 8.07 Å². The Kier molecular flexibility index (Phi) is 3.82. The predicted molar refractivity (Wildman–Crippen MR) is 59.3 cm³/mol. The van der Waals surface area contributed by atoms with Gasteiger partial charge >= 0.3 is 0 Å². The van der Waals surface area contributed by atoms with Crippen LogP contribution in [0.2, 0.25) is 24.2 Å². The van der Waals surface area contributed by atoms with Gasteiger partial charge in [0, 0.05) is 0 Å². The molecule has 1 rings (SSSR count). The van der Waals surface area contributed by atoms with Crippen molar-refractivity contribution < 1.29 is 0 Å². The summed E-state index contributed by atoms with van der Waals surface area (Å²) in [5, 5.41) is 0. The summed E-state index contributed by atoms with van der Waals surface area (Å²) in [6.45, 7) is 7.27. The Morgan fingerprint density at radius 3 is 1.83 bits per heavy atom. The van der Waals surface area contributed by atoms with Gasteiger partial charge in [-0.1, -0.05) is 64.2 Å². The Morgan fingerprint density at radius 1 is 1.00 bits per heavy atom. The third kappa shape index (κ3) is 2.62. The summed E-state index contributed by atoms with van der Waals surface area (Å²) in [7, 11) is -0.740. The van der Waals surface area contributed by atoms with E-state index in [1.807, 2.05) is 0 Å². The first-order chi connectivity index (χ1) is 5.76. The minimum atomic E-state index is -0.740. The van der Waals surface area contributed by atoms with Crippen LogP contribution >= 0.6 is 0 Å². The molecule has 1 aliphatic rings. The average molecular weight is 184 g/mol. The van der Waals surface area contributed by atoms with Gasteiger partial charge < -0.3 is 0 Å². The van der Waals surface area contributed by atoms with Crippen molar-refractivity contribution in [2.75, 3.05) is 0 Å². The average Bonchev–Trinajstić information content (AvgIpc) is 2.92. The van der Waals surface area contributed by atoms with Crippen LogP contribution < -0.4 is 0 Å². The normalized spacial score (nSPS) is 18.2. The van der Waals surface area contributed by atoms with Gasteiger partial charge in [0.2, 0.25) is 0 Å². The van der Waals surface area contributed by atoms with Gasteiger partial charge in [-0.05, 0) is 5.92 Å². The molecule has 0 aromatic carbocycles. The molecule has 0 spiro atoms. The van der Waals surface area contributed by atoms with Crippen LogP contribution in [0.3, 0.4) is 0 Å². The van der Waals surface area contributed by atoms with Gasteiger partial charge in [-0.2, -0.15) is 0 Å². The third-order valence-electron chi connectivity index (χ3n) is 4.03. The maximum atomic E-state index is 2.42. The van der Waals surface area contributed by atoms with Crippen molar-refractivity contribution in [3.8, 4) is 0 Å². The van der Waals surface area contributed by atoms with Gasteiger partial charge in [0.15, 0.2) is 0 Å². The summed E-state index contributed by atoms with van der Waals surface area (Å²) >= 11 is 0. The molecule has 1 aliphatic carbocycles. The molecule has 0 heterocycles. The third-order valence-corrected chi connectivity index (χ3v) is 9.88. The molecule has 0 amide bonds.